The maximum atomic E-state index is 12.0. The molecule has 9 nitrogen and oxygen atoms in total. The van der Waals surface area contributed by atoms with Gasteiger partial charge in [0.2, 0.25) is 5.91 Å². The van der Waals surface area contributed by atoms with Crippen molar-refractivity contribution in [2.45, 2.75) is 20.0 Å². The number of aryl methyl sites for hydroxylation is 1. The number of carbonyl (C=O) groups excluding carboxylic acids is 1. The average molecular weight is 314 g/mol. The highest BCUT2D eigenvalue weighted by atomic mass is 16.2. The van der Waals surface area contributed by atoms with E-state index in [4.69, 9.17) is 0 Å². The molecule has 1 amide bonds. The Morgan fingerprint density at radius 2 is 2.22 bits per heavy atom. The maximum absolute atomic E-state index is 12.0. The number of nitrogens with zero attached hydrogens (tertiary/aromatic N) is 3. The van der Waals surface area contributed by atoms with Crippen LogP contribution in [0.1, 0.15) is 11.3 Å². The molecule has 118 valence electrons. The van der Waals surface area contributed by atoms with E-state index in [0.717, 1.165) is 15.6 Å². The molecule has 3 aromatic rings. The number of pyridine rings is 1. The van der Waals surface area contributed by atoms with Crippen LogP contribution in [0.2, 0.25) is 0 Å². The lowest BCUT2D eigenvalue weighted by atomic mass is 10.2. The summed E-state index contributed by atoms with van der Waals surface area (Å²) in [7, 11) is 0. The second kappa shape index (κ2) is 5.87. The lowest BCUT2D eigenvalue weighted by Gasteiger charge is -2.07. The Balaban J connectivity index is 1.70. The number of carbonyl (C=O) groups is 1. The van der Waals surface area contributed by atoms with Gasteiger partial charge in [-0.15, -0.1) is 0 Å². The van der Waals surface area contributed by atoms with E-state index in [1.54, 1.807) is 19.2 Å². The highest BCUT2D eigenvalue weighted by Crippen LogP contribution is 2.12. The first-order valence-corrected chi connectivity index (χ1v) is 6.89. The first-order chi connectivity index (χ1) is 11.0. The monoisotopic (exact) mass is 314 g/mol. The second-order valence-electron chi connectivity index (χ2n) is 5.05. The number of hydrogen-bond donors (Lipinski definition) is 3. The number of rotatable bonds is 4. The van der Waals surface area contributed by atoms with Crippen LogP contribution in [0.25, 0.3) is 11.0 Å². The smallest absolute Gasteiger partial charge is 0.328 e. The van der Waals surface area contributed by atoms with Gasteiger partial charge in [-0.2, -0.15) is 5.10 Å². The molecule has 0 radical (unpaired) electrons. The van der Waals surface area contributed by atoms with Crippen LogP contribution in [-0.2, 0) is 17.9 Å². The van der Waals surface area contributed by atoms with Gasteiger partial charge in [0, 0.05) is 23.3 Å². The van der Waals surface area contributed by atoms with E-state index in [-0.39, 0.29) is 19.0 Å². The highest BCUT2D eigenvalue weighted by molar-refractivity contribution is 5.79. The summed E-state index contributed by atoms with van der Waals surface area (Å²) in [6, 6.07) is 3.63. The van der Waals surface area contributed by atoms with Gasteiger partial charge in [-0.3, -0.25) is 24.2 Å². The van der Waals surface area contributed by atoms with Crippen LogP contribution < -0.4 is 16.6 Å². The lowest BCUT2D eigenvalue weighted by molar-refractivity contribution is -0.121. The zero-order chi connectivity index (χ0) is 16.4. The van der Waals surface area contributed by atoms with Crippen molar-refractivity contribution in [3.8, 4) is 0 Å². The van der Waals surface area contributed by atoms with Gasteiger partial charge >= 0.3 is 5.69 Å². The summed E-state index contributed by atoms with van der Waals surface area (Å²) in [5.74, 6) is -0.356. The summed E-state index contributed by atoms with van der Waals surface area (Å²) in [6.45, 7) is 1.62. The zero-order valence-corrected chi connectivity index (χ0v) is 12.3. The Kier molecular flexibility index (Phi) is 3.75. The highest BCUT2D eigenvalue weighted by Gasteiger charge is 2.09. The predicted molar refractivity (Wildman–Crippen MR) is 81.8 cm³/mol. The van der Waals surface area contributed by atoms with Gasteiger partial charge in [0.05, 0.1) is 12.2 Å². The SMILES string of the molecule is Cc1cn(CC(=O)NCc2[nH]nc3ncccc23)c(=O)[nH]c1=O. The number of H-pyrrole nitrogens is 2. The Morgan fingerprint density at radius 1 is 1.39 bits per heavy atom. The molecule has 0 aliphatic heterocycles. The molecule has 3 N–H and O–H groups in total. The third kappa shape index (κ3) is 3.03. The Bertz CT molecular complexity index is 984. The molecule has 0 aliphatic rings. The van der Waals surface area contributed by atoms with E-state index < -0.39 is 11.2 Å². The van der Waals surface area contributed by atoms with Gasteiger partial charge in [0.1, 0.15) is 6.54 Å². The Hall–Kier alpha value is -3.23. The molecular weight excluding hydrogens is 300 g/mol. The topological polar surface area (TPSA) is 126 Å². The van der Waals surface area contributed by atoms with Gasteiger partial charge < -0.3 is 5.32 Å². The van der Waals surface area contributed by atoms with E-state index in [1.165, 1.54) is 6.20 Å². The number of aromatic nitrogens is 5. The third-order valence-corrected chi connectivity index (χ3v) is 3.37. The van der Waals surface area contributed by atoms with Crippen LogP contribution in [0.3, 0.4) is 0 Å². The molecule has 0 aromatic carbocycles. The van der Waals surface area contributed by atoms with Crippen LogP contribution >= 0.6 is 0 Å². The standard InChI is InChI=1S/C14H14N6O3/c1-8-6-20(14(23)17-13(8)22)7-11(21)16-5-10-9-3-2-4-15-12(9)19-18-10/h2-4,6H,5,7H2,1H3,(H,16,21)(H,15,18,19)(H,17,22,23). The molecule has 23 heavy (non-hydrogen) atoms. The molecule has 3 aromatic heterocycles. The summed E-state index contributed by atoms with van der Waals surface area (Å²) in [6.07, 6.45) is 2.99. The van der Waals surface area contributed by atoms with Crippen molar-refractivity contribution in [1.82, 2.24) is 30.0 Å². The molecule has 3 heterocycles. The van der Waals surface area contributed by atoms with Crippen molar-refractivity contribution >= 4 is 16.9 Å². The average Bonchev–Trinajstić information content (AvgIpc) is 2.94. The minimum atomic E-state index is -0.619. The Labute approximate surface area is 129 Å². The Morgan fingerprint density at radius 3 is 3.04 bits per heavy atom. The fourth-order valence-electron chi connectivity index (χ4n) is 2.17. The van der Waals surface area contributed by atoms with Crippen LogP contribution in [0.15, 0.2) is 34.1 Å². The molecule has 0 unspecified atom stereocenters. The number of aromatic amines is 2. The van der Waals surface area contributed by atoms with E-state index in [9.17, 15) is 14.4 Å². The largest absolute Gasteiger partial charge is 0.349 e. The molecule has 3 rings (SSSR count). The third-order valence-electron chi connectivity index (χ3n) is 3.37. The van der Waals surface area contributed by atoms with Crippen molar-refractivity contribution in [1.29, 1.82) is 0 Å². The number of fused-ring (bicyclic) bond motifs is 1. The predicted octanol–water partition coefficient (Wildman–Crippen LogP) is -0.567. The molecule has 0 fully saturated rings. The lowest BCUT2D eigenvalue weighted by Crippen LogP contribution is -2.36. The van der Waals surface area contributed by atoms with Gasteiger partial charge in [-0.25, -0.2) is 9.78 Å². The van der Waals surface area contributed by atoms with Crippen LogP contribution in [-0.4, -0.2) is 30.6 Å². The van der Waals surface area contributed by atoms with Crippen molar-refractivity contribution in [3.63, 3.8) is 0 Å². The van der Waals surface area contributed by atoms with Gasteiger partial charge in [0.15, 0.2) is 5.65 Å². The fourth-order valence-corrected chi connectivity index (χ4v) is 2.17. The van der Waals surface area contributed by atoms with E-state index >= 15 is 0 Å². The van der Waals surface area contributed by atoms with E-state index in [2.05, 4.69) is 25.5 Å². The molecule has 0 spiro atoms. The summed E-state index contributed by atoms with van der Waals surface area (Å²) < 4.78 is 1.15. The molecule has 0 saturated carbocycles. The first kappa shape index (κ1) is 14.7. The van der Waals surface area contributed by atoms with Gasteiger partial charge in [0.25, 0.3) is 5.56 Å². The van der Waals surface area contributed by atoms with E-state index in [0.29, 0.717) is 11.2 Å². The first-order valence-electron chi connectivity index (χ1n) is 6.89. The zero-order valence-electron chi connectivity index (χ0n) is 12.3. The molecule has 0 aliphatic carbocycles. The van der Waals surface area contributed by atoms with Gasteiger partial charge in [-0.1, -0.05) is 0 Å². The summed E-state index contributed by atoms with van der Waals surface area (Å²) in [4.78, 5) is 41.2. The molecule has 0 saturated heterocycles. The summed E-state index contributed by atoms with van der Waals surface area (Å²) in [5.41, 5.74) is 0.591. The van der Waals surface area contributed by atoms with Crippen molar-refractivity contribution in [2.24, 2.45) is 0 Å². The molecular formula is C14H14N6O3. The molecule has 9 heteroatoms. The second-order valence-corrected chi connectivity index (χ2v) is 5.05. The van der Waals surface area contributed by atoms with Crippen LogP contribution in [0.5, 0.6) is 0 Å². The number of hydrogen-bond acceptors (Lipinski definition) is 5. The van der Waals surface area contributed by atoms with Crippen LogP contribution in [0, 0.1) is 6.92 Å². The summed E-state index contributed by atoms with van der Waals surface area (Å²) >= 11 is 0. The number of amides is 1. The van der Waals surface area contributed by atoms with Crippen molar-refractivity contribution in [3.05, 3.63) is 56.6 Å². The minimum absolute atomic E-state index is 0.180. The molecule has 0 bridgehead atoms. The van der Waals surface area contributed by atoms with E-state index in [1.807, 2.05) is 6.07 Å². The van der Waals surface area contributed by atoms with Crippen LogP contribution in [0.4, 0.5) is 0 Å². The maximum Gasteiger partial charge on any atom is 0.328 e. The normalized spacial score (nSPS) is 10.8. The number of nitrogens with one attached hydrogen (secondary N) is 3. The summed E-state index contributed by atoms with van der Waals surface area (Å²) in [5, 5.41) is 10.4. The van der Waals surface area contributed by atoms with Gasteiger partial charge in [-0.05, 0) is 19.1 Å². The quantitative estimate of drug-likeness (QED) is 0.595. The fraction of sp³-hybridized carbons (Fsp3) is 0.214. The minimum Gasteiger partial charge on any atom is -0.349 e. The molecule has 0 atom stereocenters. The van der Waals surface area contributed by atoms with Crippen molar-refractivity contribution in [2.75, 3.05) is 0 Å². The van der Waals surface area contributed by atoms with Crippen molar-refractivity contribution < 1.29 is 4.79 Å².